The van der Waals surface area contributed by atoms with Gasteiger partial charge in [-0.05, 0) is 20.8 Å². The van der Waals surface area contributed by atoms with Crippen LogP contribution in [-0.2, 0) is 17.7 Å². The van der Waals surface area contributed by atoms with Gasteiger partial charge in [0.05, 0.1) is 0 Å². The SMILES string of the molecule is CCc1nncn1CCNC(=NC)NCCN1CCN(C(=O)OC(C)(C)C)CC1.I. The fourth-order valence-corrected chi connectivity index (χ4v) is 3.07. The Kier molecular flexibility index (Phi) is 11.4. The number of rotatable bonds is 7. The minimum atomic E-state index is -0.451. The van der Waals surface area contributed by atoms with Crippen LogP contribution in [0.4, 0.5) is 4.79 Å². The van der Waals surface area contributed by atoms with E-state index >= 15 is 0 Å². The lowest BCUT2D eigenvalue weighted by Crippen LogP contribution is -2.51. The van der Waals surface area contributed by atoms with Crippen LogP contribution in [0.2, 0.25) is 0 Å². The zero-order valence-electron chi connectivity index (χ0n) is 18.8. The third-order valence-corrected chi connectivity index (χ3v) is 4.63. The maximum atomic E-state index is 12.1. The molecular weight excluding hydrogens is 499 g/mol. The summed E-state index contributed by atoms with van der Waals surface area (Å²) in [4.78, 5) is 20.5. The van der Waals surface area contributed by atoms with E-state index in [0.717, 1.165) is 57.5 Å². The summed E-state index contributed by atoms with van der Waals surface area (Å²) in [5.74, 6) is 1.77. The molecule has 0 spiro atoms. The molecule has 1 amide bonds. The highest BCUT2D eigenvalue weighted by Gasteiger charge is 2.25. The summed E-state index contributed by atoms with van der Waals surface area (Å²) in [6.07, 6.45) is 2.40. The molecule has 0 unspecified atom stereocenters. The predicted molar refractivity (Wildman–Crippen MR) is 128 cm³/mol. The Morgan fingerprint density at radius 2 is 1.80 bits per heavy atom. The summed E-state index contributed by atoms with van der Waals surface area (Å²) >= 11 is 0. The number of guanidine groups is 1. The van der Waals surface area contributed by atoms with Crippen LogP contribution in [0.15, 0.2) is 11.3 Å². The van der Waals surface area contributed by atoms with Crippen LogP contribution in [-0.4, -0.2) is 95.1 Å². The van der Waals surface area contributed by atoms with Crippen LogP contribution in [0.25, 0.3) is 0 Å². The van der Waals surface area contributed by atoms with Crippen molar-refractivity contribution in [2.45, 2.75) is 46.3 Å². The second kappa shape index (κ2) is 12.9. The molecule has 1 aromatic heterocycles. The molecule has 0 bridgehead atoms. The molecule has 1 aliphatic rings. The van der Waals surface area contributed by atoms with Crippen molar-refractivity contribution in [3.8, 4) is 0 Å². The van der Waals surface area contributed by atoms with E-state index < -0.39 is 5.60 Å². The molecule has 0 radical (unpaired) electrons. The molecule has 0 atom stereocenters. The molecule has 1 fully saturated rings. The van der Waals surface area contributed by atoms with E-state index in [1.54, 1.807) is 18.3 Å². The minimum Gasteiger partial charge on any atom is -0.444 e. The van der Waals surface area contributed by atoms with Crippen LogP contribution < -0.4 is 10.6 Å². The van der Waals surface area contributed by atoms with E-state index in [-0.39, 0.29) is 30.1 Å². The smallest absolute Gasteiger partial charge is 0.410 e. The quantitative estimate of drug-likeness (QED) is 0.307. The van der Waals surface area contributed by atoms with Gasteiger partial charge in [-0.1, -0.05) is 6.92 Å². The molecular formula is C19H37IN8O2. The first kappa shape index (κ1) is 26.4. The number of hydrogen-bond donors (Lipinski definition) is 2. The summed E-state index contributed by atoms with van der Waals surface area (Å²) in [5.41, 5.74) is -0.451. The number of aryl methyl sites for hydroxylation is 1. The summed E-state index contributed by atoms with van der Waals surface area (Å²) < 4.78 is 7.49. The predicted octanol–water partition coefficient (Wildman–Crippen LogP) is 1.18. The molecule has 2 N–H and O–H groups in total. The van der Waals surface area contributed by atoms with Crippen molar-refractivity contribution in [1.29, 1.82) is 0 Å². The van der Waals surface area contributed by atoms with Crippen LogP contribution in [0.5, 0.6) is 0 Å². The van der Waals surface area contributed by atoms with Crippen molar-refractivity contribution in [1.82, 2.24) is 35.2 Å². The summed E-state index contributed by atoms with van der Waals surface area (Å²) in [7, 11) is 1.77. The average Bonchev–Trinajstić information content (AvgIpc) is 3.13. The molecule has 0 aromatic carbocycles. The Bertz CT molecular complexity index is 666. The first-order valence-electron chi connectivity index (χ1n) is 10.3. The highest BCUT2D eigenvalue weighted by atomic mass is 127. The third-order valence-electron chi connectivity index (χ3n) is 4.63. The van der Waals surface area contributed by atoms with Gasteiger partial charge in [-0.2, -0.15) is 0 Å². The molecule has 30 heavy (non-hydrogen) atoms. The fourth-order valence-electron chi connectivity index (χ4n) is 3.07. The van der Waals surface area contributed by atoms with Crippen molar-refractivity contribution < 1.29 is 9.53 Å². The lowest BCUT2D eigenvalue weighted by atomic mass is 10.2. The topological polar surface area (TPSA) is 99.9 Å². The maximum absolute atomic E-state index is 12.1. The summed E-state index contributed by atoms with van der Waals surface area (Å²) in [5, 5.41) is 14.7. The highest BCUT2D eigenvalue weighted by molar-refractivity contribution is 14.0. The number of amides is 1. The lowest BCUT2D eigenvalue weighted by Gasteiger charge is -2.35. The number of halogens is 1. The van der Waals surface area contributed by atoms with Crippen LogP contribution in [0.3, 0.4) is 0 Å². The molecule has 10 nitrogen and oxygen atoms in total. The van der Waals surface area contributed by atoms with Gasteiger partial charge in [0, 0.05) is 65.8 Å². The largest absolute Gasteiger partial charge is 0.444 e. The number of carbonyl (C=O) groups excluding carboxylic acids is 1. The van der Waals surface area contributed by atoms with Gasteiger partial charge in [-0.15, -0.1) is 34.2 Å². The average molecular weight is 536 g/mol. The first-order chi connectivity index (χ1) is 13.8. The van der Waals surface area contributed by atoms with E-state index in [9.17, 15) is 4.79 Å². The number of nitrogens with one attached hydrogen (secondary N) is 2. The van der Waals surface area contributed by atoms with E-state index in [1.807, 2.05) is 25.3 Å². The molecule has 1 aromatic rings. The van der Waals surface area contributed by atoms with Gasteiger partial charge in [-0.25, -0.2) is 4.79 Å². The molecule has 2 heterocycles. The minimum absolute atomic E-state index is 0. The van der Waals surface area contributed by atoms with E-state index in [4.69, 9.17) is 4.74 Å². The van der Waals surface area contributed by atoms with E-state index in [2.05, 4.69) is 37.6 Å². The van der Waals surface area contributed by atoms with Gasteiger partial charge < -0.3 is 24.8 Å². The number of aromatic nitrogens is 3. The van der Waals surface area contributed by atoms with Crippen molar-refractivity contribution in [2.24, 2.45) is 4.99 Å². The van der Waals surface area contributed by atoms with E-state index in [0.29, 0.717) is 13.1 Å². The number of aliphatic imine (C=N–C) groups is 1. The van der Waals surface area contributed by atoms with Crippen molar-refractivity contribution in [3.05, 3.63) is 12.2 Å². The van der Waals surface area contributed by atoms with Crippen molar-refractivity contribution >= 4 is 36.0 Å². The van der Waals surface area contributed by atoms with Gasteiger partial charge in [0.25, 0.3) is 0 Å². The van der Waals surface area contributed by atoms with Gasteiger partial charge in [-0.3, -0.25) is 9.89 Å². The van der Waals surface area contributed by atoms with Gasteiger partial charge in [0.15, 0.2) is 5.96 Å². The van der Waals surface area contributed by atoms with Crippen LogP contribution >= 0.6 is 24.0 Å². The zero-order valence-corrected chi connectivity index (χ0v) is 21.2. The number of ether oxygens (including phenoxy) is 1. The third kappa shape index (κ3) is 9.02. The maximum Gasteiger partial charge on any atom is 0.410 e. The molecule has 1 aliphatic heterocycles. The second-order valence-corrected chi connectivity index (χ2v) is 8.03. The molecule has 0 aliphatic carbocycles. The Morgan fingerprint density at radius 1 is 1.17 bits per heavy atom. The Hall–Kier alpha value is -1.63. The molecule has 11 heteroatoms. The van der Waals surface area contributed by atoms with E-state index in [1.165, 1.54) is 0 Å². The Balaban J connectivity index is 0.00000450. The lowest BCUT2D eigenvalue weighted by molar-refractivity contribution is 0.0147. The van der Waals surface area contributed by atoms with Crippen LogP contribution in [0, 0.1) is 0 Å². The number of piperazine rings is 1. The van der Waals surface area contributed by atoms with Gasteiger partial charge in [0.2, 0.25) is 0 Å². The Morgan fingerprint density at radius 3 is 2.37 bits per heavy atom. The second-order valence-electron chi connectivity index (χ2n) is 8.03. The molecule has 0 saturated carbocycles. The van der Waals surface area contributed by atoms with Crippen molar-refractivity contribution in [3.63, 3.8) is 0 Å². The first-order valence-corrected chi connectivity index (χ1v) is 10.3. The molecule has 2 rings (SSSR count). The van der Waals surface area contributed by atoms with Crippen LogP contribution in [0.1, 0.15) is 33.5 Å². The highest BCUT2D eigenvalue weighted by Crippen LogP contribution is 2.11. The normalized spacial score (nSPS) is 15.5. The van der Waals surface area contributed by atoms with Crippen molar-refractivity contribution in [2.75, 3.05) is 52.9 Å². The van der Waals surface area contributed by atoms with Gasteiger partial charge >= 0.3 is 6.09 Å². The zero-order chi connectivity index (χ0) is 21.3. The Labute approximate surface area is 196 Å². The molecule has 1 saturated heterocycles. The number of hydrogen-bond acceptors (Lipinski definition) is 6. The standard InChI is InChI=1S/C19H36N8O2.HI/c1-6-16-24-23-15-27(16)10-8-22-17(20-5)21-7-9-25-11-13-26(14-12-25)18(28)29-19(2,3)4;/h15H,6-14H2,1-5H3,(H2,20,21,22);1H. The monoisotopic (exact) mass is 536 g/mol. The molecule has 172 valence electrons. The number of nitrogens with zero attached hydrogens (tertiary/aromatic N) is 6. The fraction of sp³-hybridized carbons (Fsp3) is 0.789. The summed E-state index contributed by atoms with van der Waals surface area (Å²) in [6.45, 7) is 14.1. The van der Waals surface area contributed by atoms with Gasteiger partial charge in [0.1, 0.15) is 17.8 Å². The summed E-state index contributed by atoms with van der Waals surface area (Å²) in [6, 6.07) is 0. The number of carbonyl (C=O) groups is 1.